The quantitative estimate of drug-likeness (QED) is 0.686. The maximum Gasteiger partial charge on any atom is 0.265 e. The molecule has 0 aliphatic carbocycles. The van der Waals surface area contributed by atoms with Crippen molar-refractivity contribution in [2.45, 2.75) is 13.3 Å². The van der Waals surface area contributed by atoms with E-state index in [-0.39, 0.29) is 12.5 Å². The second-order valence-electron chi connectivity index (χ2n) is 6.22. The van der Waals surface area contributed by atoms with E-state index in [1.165, 1.54) is 0 Å². The lowest BCUT2D eigenvalue weighted by Crippen LogP contribution is -2.39. The third-order valence-corrected chi connectivity index (χ3v) is 4.27. The Labute approximate surface area is 157 Å². The van der Waals surface area contributed by atoms with Crippen LogP contribution in [0.15, 0.2) is 53.1 Å². The molecule has 4 rings (SSSR count). The topological polar surface area (TPSA) is 68.5 Å². The van der Waals surface area contributed by atoms with Gasteiger partial charge < -0.3 is 14.2 Å². The van der Waals surface area contributed by atoms with Crippen molar-refractivity contribution in [3.05, 3.63) is 60.0 Å². The Morgan fingerprint density at radius 2 is 2.00 bits per heavy atom. The molecule has 136 valence electrons. The summed E-state index contributed by atoms with van der Waals surface area (Å²) in [4.78, 5) is 18.3. The molecule has 1 aliphatic rings. The van der Waals surface area contributed by atoms with Gasteiger partial charge in [0.15, 0.2) is 6.61 Å². The van der Waals surface area contributed by atoms with Crippen molar-refractivity contribution in [1.29, 1.82) is 0 Å². The maximum atomic E-state index is 12.2. The van der Waals surface area contributed by atoms with Gasteiger partial charge in [-0.15, -0.1) is 0 Å². The number of amides is 1. The first-order chi connectivity index (χ1) is 13.2. The van der Waals surface area contributed by atoms with Gasteiger partial charge in [-0.3, -0.25) is 4.79 Å². The summed E-state index contributed by atoms with van der Waals surface area (Å²) in [6.07, 6.45) is 4.56. The fourth-order valence-corrected chi connectivity index (χ4v) is 2.96. The molecule has 1 amide bonds. The van der Waals surface area contributed by atoms with Gasteiger partial charge in [0.1, 0.15) is 5.75 Å². The summed E-state index contributed by atoms with van der Waals surface area (Å²) in [6.45, 7) is 2.76. The van der Waals surface area contributed by atoms with E-state index in [1.807, 2.05) is 61.5 Å². The lowest BCUT2D eigenvalue weighted by atomic mass is 10.1. The van der Waals surface area contributed by atoms with Gasteiger partial charge in [-0.05, 0) is 36.3 Å². The molecule has 2 aromatic carbocycles. The van der Waals surface area contributed by atoms with Gasteiger partial charge >= 0.3 is 0 Å². The molecule has 27 heavy (non-hydrogen) atoms. The third-order valence-electron chi connectivity index (χ3n) is 4.27. The number of hydrogen-bond donors (Lipinski definition) is 0. The van der Waals surface area contributed by atoms with Crippen LogP contribution in [0, 0.1) is 0 Å². The minimum absolute atomic E-state index is 0.0407. The lowest BCUT2D eigenvalue weighted by Gasteiger charge is -2.29. The zero-order valence-corrected chi connectivity index (χ0v) is 15.0. The Hall–Kier alpha value is -3.41. The van der Waals surface area contributed by atoms with Crippen LogP contribution in [0.3, 0.4) is 0 Å². The van der Waals surface area contributed by atoms with Crippen LogP contribution in [0.5, 0.6) is 5.75 Å². The van der Waals surface area contributed by atoms with Gasteiger partial charge in [0.25, 0.3) is 11.8 Å². The Bertz CT molecular complexity index is 979. The van der Waals surface area contributed by atoms with E-state index in [0.717, 1.165) is 23.2 Å². The van der Waals surface area contributed by atoms with Crippen molar-refractivity contribution >= 4 is 23.7 Å². The zero-order valence-electron chi connectivity index (χ0n) is 15.0. The van der Waals surface area contributed by atoms with Gasteiger partial charge in [0.05, 0.1) is 5.69 Å². The number of carbonyl (C=O) groups excluding carboxylic acids is 1. The van der Waals surface area contributed by atoms with Gasteiger partial charge in [-0.25, -0.2) is 0 Å². The first-order valence-electron chi connectivity index (χ1n) is 8.89. The molecule has 0 fully saturated rings. The standard InChI is InChI=1S/C21H19N3O3/c1-2-12-24-17-13-16(9-10-18(17)26-14-20(24)25)21-22-19(27-23-21)11-8-15-6-4-3-5-7-15/h3-11,13H,2,12,14H2,1H3/b11-8+. The smallest absolute Gasteiger partial charge is 0.265 e. The highest BCUT2D eigenvalue weighted by Gasteiger charge is 2.25. The minimum Gasteiger partial charge on any atom is -0.482 e. The molecule has 0 spiro atoms. The number of aromatic nitrogens is 2. The summed E-state index contributed by atoms with van der Waals surface area (Å²) in [7, 11) is 0. The van der Waals surface area contributed by atoms with Crippen LogP contribution in [0.25, 0.3) is 23.5 Å². The molecule has 0 atom stereocenters. The van der Waals surface area contributed by atoms with Crippen LogP contribution in [0.1, 0.15) is 24.8 Å². The number of ether oxygens (including phenoxy) is 1. The van der Waals surface area contributed by atoms with Crippen molar-refractivity contribution < 1.29 is 14.1 Å². The number of anilines is 1. The largest absolute Gasteiger partial charge is 0.482 e. The molecule has 0 saturated heterocycles. The van der Waals surface area contributed by atoms with Crippen molar-refractivity contribution in [1.82, 2.24) is 10.1 Å². The average Bonchev–Trinajstić information content (AvgIpc) is 3.18. The summed E-state index contributed by atoms with van der Waals surface area (Å²) in [6, 6.07) is 15.5. The normalized spacial score (nSPS) is 13.7. The first-order valence-corrected chi connectivity index (χ1v) is 8.89. The summed E-state index contributed by atoms with van der Waals surface area (Å²) in [5, 5.41) is 4.06. The second kappa shape index (κ2) is 7.45. The molecule has 1 aliphatic heterocycles. The van der Waals surface area contributed by atoms with E-state index < -0.39 is 0 Å². The Morgan fingerprint density at radius 1 is 1.15 bits per heavy atom. The SMILES string of the molecule is CCCN1C(=O)COc2ccc(-c3noc(/C=C/c4ccccc4)n3)cc21. The molecule has 0 unspecified atom stereocenters. The molecule has 6 nitrogen and oxygen atoms in total. The number of nitrogens with zero attached hydrogens (tertiary/aromatic N) is 3. The van der Waals surface area contributed by atoms with Gasteiger partial charge in [0.2, 0.25) is 5.82 Å². The average molecular weight is 361 g/mol. The van der Waals surface area contributed by atoms with E-state index in [1.54, 1.807) is 11.0 Å². The Kier molecular flexibility index (Phi) is 4.70. The van der Waals surface area contributed by atoms with Crippen LogP contribution < -0.4 is 9.64 Å². The van der Waals surface area contributed by atoms with Gasteiger partial charge in [-0.1, -0.05) is 42.4 Å². The summed E-state index contributed by atoms with van der Waals surface area (Å²) in [5.41, 5.74) is 2.57. The molecule has 0 saturated carbocycles. The van der Waals surface area contributed by atoms with E-state index in [9.17, 15) is 4.79 Å². The van der Waals surface area contributed by atoms with Crippen molar-refractivity contribution in [2.75, 3.05) is 18.1 Å². The minimum atomic E-state index is -0.0407. The molecular formula is C21H19N3O3. The lowest BCUT2D eigenvalue weighted by molar-refractivity contribution is -0.121. The first kappa shape index (κ1) is 17.0. The van der Waals surface area contributed by atoms with E-state index in [0.29, 0.717) is 24.0 Å². The van der Waals surface area contributed by atoms with Crippen molar-refractivity contribution in [3.63, 3.8) is 0 Å². The monoisotopic (exact) mass is 361 g/mol. The van der Waals surface area contributed by atoms with E-state index in [4.69, 9.17) is 9.26 Å². The van der Waals surface area contributed by atoms with Crippen molar-refractivity contribution in [3.8, 4) is 17.1 Å². The molecule has 0 radical (unpaired) electrons. The molecule has 0 N–H and O–H groups in total. The third kappa shape index (κ3) is 3.60. The van der Waals surface area contributed by atoms with Gasteiger partial charge in [-0.2, -0.15) is 4.98 Å². The van der Waals surface area contributed by atoms with Crippen LogP contribution in [0.2, 0.25) is 0 Å². The van der Waals surface area contributed by atoms with Crippen LogP contribution in [-0.4, -0.2) is 29.2 Å². The predicted molar refractivity (Wildman–Crippen MR) is 103 cm³/mol. The highest BCUT2D eigenvalue weighted by Crippen LogP contribution is 2.35. The Balaban J connectivity index is 1.60. The second-order valence-corrected chi connectivity index (χ2v) is 6.22. The number of fused-ring (bicyclic) bond motifs is 1. The predicted octanol–water partition coefficient (Wildman–Crippen LogP) is 4.04. The van der Waals surface area contributed by atoms with Crippen LogP contribution >= 0.6 is 0 Å². The number of hydrogen-bond acceptors (Lipinski definition) is 5. The summed E-state index contributed by atoms with van der Waals surface area (Å²) in [5.74, 6) is 1.55. The fourth-order valence-electron chi connectivity index (χ4n) is 2.96. The van der Waals surface area contributed by atoms with Crippen molar-refractivity contribution in [2.24, 2.45) is 0 Å². The van der Waals surface area contributed by atoms with E-state index >= 15 is 0 Å². The van der Waals surface area contributed by atoms with Crippen LogP contribution in [-0.2, 0) is 4.79 Å². The highest BCUT2D eigenvalue weighted by molar-refractivity contribution is 5.98. The highest BCUT2D eigenvalue weighted by atomic mass is 16.5. The molecule has 3 aromatic rings. The molecule has 0 bridgehead atoms. The fraction of sp³-hybridized carbons (Fsp3) is 0.190. The number of benzene rings is 2. The van der Waals surface area contributed by atoms with E-state index in [2.05, 4.69) is 10.1 Å². The Morgan fingerprint density at radius 3 is 2.81 bits per heavy atom. The van der Waals surface area contributed by atoms with Crippen LogP contribution in [0.4, 0.5) is 5.69 Å². The summed E-state index contributed by atoms with van der Waals surface area (Å²) >= 11 is 0. The molecule has 6 heteroatoms. The molecule has 2 heterocycles. The van der Waals surface area contributed by atoms with Gasteiger partial charge in [0, 0.05) is 18.2 Å². The number of rotatable bonds is 5. The molecular weight excluding hydrogens is 342 g/mol. The number of carbonyl (C=O) groups is 1. The molecule has 1 aromatic heterocycles. The maximum absolute atomic E-state index is 12.2. The zero-order chi connectivity index (χ0) is 18.6. The summed E-state index contributed by atoms with van der Waals surface area (Å²) < 4.78 is 10.8.